The van der Waals surface area contributed by atoms with Crippen LogP contribution in [0.5, 0.6) is 0 Å². The Kier molecular flexibility index (Phi) is 3.89. The summed E-state index contributed by atoms with van der Waals surface area (Å²) in [5, 5.41) is 2.05. The molecular weight excluding hydrogens is 297 g/mol. The Morgan fingerprint density at radius 3 is 2.00 bits per heavy atom. The highest BCUT2D eigenvalue weighted by Gasteiger charge is 2.26. The molecule has 0 saturated carbocycles. The Labute approximate surface area is 115 Å². The molecule has 2 rings (SSSR count). The summed E-state index contributed by atoms with van der Waals surface area (Å²) < 4.78 is 66.2. The van der Waals surface area contributed by atoms with E-state index in [1.807, 2.05) is 5.32 Å². The fourth-order valence-corrected chi connectivity index (χ4v) is 1.47. The maximum absolute atomic E-state index is 13.5. The molecule has 2 aromatic rings. The van der Waals surface area contributed by atoms with Gasteiger partial charge in [0.15, 0.2) is 23.3 Å². The molecule has 0 bridgehead atoms. The van der Waals surface area contributed by atoms with Crippen molar-refractivity contribution in [2.45, 2.75) is 6.92 Å². The van der Waals surface area contributed by atoms with Crippen LogP contribution in [-0.4, -0.2) is 9.97 Å². The number of nitrogens with zero attached hydrogens (tertiary/aromatic N) is 2. The third-order valence-corrected chi connectivity index (χ3v) is 2.55. The number of hydrazine groups is 1. The molecule has 0 aliphatic heterocycles. The zero-order valence-corrected chi connectivity index (χ0v) is 10.4. The Hall–Kier alpha value is -2.49. The van der Waals surface area contributed by atoms with Gasteiger partial charge < -0.3 is 5.32 Å². The summed E-state index contributed by atoms with van der Waals surface area (Å²) in [5.74, 6) is -5.54. The molecule has 0 unspecified atom stereocenters. The van der Waals surface area contributed by atoms with Gasteiger partial charge in [-0.1, -0.05) is 0 Å². The van der Waals surface area contributed by atoms with Crippen LogP contribution < -0.4 is 16.6 Å². The Morgan fingerprint density at radius 1 is 0.952 bits per heavy atom. The van der Waals surface area contributed by atoms with Crippen LogP contribution in [0.25, 0.3) is 0 Å². The number of rotatable bonds is 3. The van der Waals surface area contributed by atoms with Gasteiger partial charge in [0.2, 0.25) is 11.8 Å². The van der Waals surface area contributed by atoms with Gasteiger partial charge in [0.05, 0.1) is 0 Å². The van der Waals surface area contributed by atoms with Crippen LogP contribution in [0, 0.1) is 36.0 Å². The molecule has 0 spiro atoms. The van der Waals surface area contributed by atoms with Crippen LogP contribution in [0.4, 0.5) is 39.4 Å². The molecule has 1 aromatic heterocycles. The van der Waals surface area contributed by atoms with E-state index in [1.54, 1.807) is 0 Å². The molecule has 1 heterocycles. The van der Waals surface area contributed by atoms with Gasteiger partial charge in [-0.25, -0.2) is 32.8 Å². The topological polar surface area (TPSA) is 75.9 Å². The van der Waals surface area contributed by atoms with Crippen LogP contribution in [0.1, 0.15) is 5.56 Å². The number of nitrogens with two attached hydrogens (primary N) is 1. The van der Waals surface area contributed by atoms with E-state index in [2.05, 4.69) is 15.4 Å². The van der Waals surface area contributed by atoms with Gasteiger partial charge in [-0.05, 0) is 6.92 Å². The first-order valence-corrected chi connectivity index (χ1v) is 5.45. The minimum absolute atomic E-state index is 0.105. The first-order chi connectivity index (χ1) is 9.86. The lowest BCUT2D eigenvalue weighted by atomic mass is 10.2. The van der Waals surface area contributed by atoms with Crippen LogP contribution >= 0.6 is 0 Å². The lowest BCUT2D eigenvalue weighted by Gasteiger charge is -2.12. The molecule has 10 heteroatoms. The van der Waals surface area contributed by atoms with Crippen LogP contribution in [0.15, 0.2) is 6.20 Å². The Morgan fingerprint density at radius 2 is 1.48 bits per heavy atom. The number of nitrogens with one attached hydrogen (secondary N) is 2. The van der Waals surface area contributed by atoms with Crippen molar-refractivity contribution >= 4 is 17.5 Å². The minimum Gasteiger partial charge on any atom is -0.335 e. The number of halogens is 5. The van der Waals surface area contributed by atoms with Gasteiger partial charge in [0.25, 0.3) is 0 Å². The highest BCUT2D eigenvalue weighted by Crippen LogP contribution is 2.30. The fourth-order valence-electron chi connectivity index (χ4n) is 1.47. The van der Waals surface area contributed by atoms with Crippen molar-refractivity contribution in [1.82, 2.24) is 9.97 Å². The van der Waals surface area contributed by atoms with E-state index in [9.17, 15) is 22.0 Å². The molecule has 21 heavy (non-hydrogen) atoms. The molecule has 0 aliphatic carbocycles. The Balaban J connectivity index is 2.55. The summed E-state index contributed by atoms with van der Waals surface area (Å²) in [7, 11) is 0. The number of benzene rings is 1. The van der Waals surface area contributed by atoms with Gasteiger partial charge in [0.1, 0.15) is 11.5 Å². The van der Waals surface area contributed by atoms with E-state index in [4.69, 9.17) is 5.84 Å². The molecule has 5 nitrogen and oxygen atoms in total. The van der Waals surface area contributed by atoms with E-state index in [0.717, 1.165) is 0 Å². The molecule has 1 aromatic carbocycles. The number of nitrogen functional groups attached to an aromatic ring is 1. The quantitative estimate of drug-likeness (QED) is 0.267. The summed E-state index contributed by atoms with van der Waals surface area (Å²) in [5.41, 5.74) is 1.18. The lowest BCUT2D eigenvalue weighted by molar-refractivity contribution is 0.382. The second-order valence-electron chi connectivity index (χ2n) is 3.94. The predicted molar refractivity (Wildman–Crippen MR) is 64.1 cm³/mol. The van der Waals surface area contributed by atoms with Gasteiger partial charge in [0, 0.05) is 11.8 Å². The van der Waals surface area contributed by atoms with Crippen molar-refractivity contribution in [1.29, 1.82) is 0 Å². The average Bonchev–Trinajstić information content (AvgIpc) is 2.49. The molecule has 0 saturated heterocycles. The fraction of sp³-hybridized carbons (Fsp3) is 0.0909. The summed E-state index contributed by atoms with van der Waals surface area (Å²) in [6.45, 7) is 1.47. The normalized spacial score (nSPS) is 10.6. The van der Waals surface area contributed by atoms with Crippen LogP contribution in [-0.2, 0) is 0 Å². The van der Waals surface area contributed by atoms with Gasteiger partial charge in [-0.2, -0.15) is 4.98 Å². The minimum atomic E-state index is -2.24. The number of hydrogen-bond acceptors (Lipinski definition) is 5. The molecular formula is C11H8F5N5. The smallest absolute Gasteiger partial charge is 0.239 e. The van der Waals surface area contributed by atoms with Crippen molar-refractivity contribution in [3.8, 4) is 0 Å². The second-order valence-corrected chi connectivity index (χ2v) is 3.94. The van der Waals surface area contributed by atoms with Crippen molar-refractivity contribution in [2.24, 2.45) is 5.84 Å². The number of aromatic nitrogens is 2. The van der Waals surface area contributed by atoms with E-state index < -0.39 is 34.8 Å². The molecule has 0 atom stereocenters. The standard InChI is InChI=1S/C11H8F5N5/c1-3-2-18-11(21-17)20-10(3)19-9-7(15)5(13)4(12)6(14)8(9)16/h2H,17H2,1H3,(H2,18,19,20,21). The number of hydrogen-bond donors (Lipinski definition) is 3. The van der Waals surface area contributed by atoms with Gasteiger partial charge >= 0.3 is 0 Å². The van der Waals surface area contributed by atoms with Crippen LogP contribution in [0.3, 0.4) is 0 Å². The van der Waals surface area contributed by atoms with Gasteiger partial charge in [-0.15, -0.1) is 0 Å². The molecule has 4 N–H and O–H groups in total. The third kappa shape index (κ3) is 2.57. The van der Waals surface area contributed by atoms with Crippen LogP contribution in [0.2, 0.25) is 0 Å². The first-order valence-electron chi connectivity index (χ1n) is 5.45. The second kappa shape index (κ2) is 5.48. The highest BCUT2D eigenvalue weighted by molar-refractivity contribution is 5.61. The van der Waals surface area contributed by atoms with E-state index in [0.29, 0.717) is 5.56 Å². The van der Waals surface area contributed by atoms with Crippen molar-refractivity contribution in [2.75, 3.05) is 10.7 Å². The number of aryl methyl sites for hydroxylation is 1. The van der Waals surface area contributed by atoms with Gasteiger partial charge in [-0.3, -0.25) is 5.43 Å². The SMILES string of the molecule is Cc1cnc(NN)nc1Nc1c(F)c(F)c(F)c(F)c1F. The molecule has 0 radical (unpaired) electrons. The highest BCUT2D eigenvalue weighted by atomic mass is 19.2. The maximum atomic E-state index is 13.5. The summed E-state index contributed by atoms with van der Waals surface area (Å²) >= 11 is 0. The third-order valence-electron chi connectivity index (χ3n) is 2.55. The lowest BCUT2D eigenvalue weighted by Crippen LogP contribution is -2.13. The summed E-state index contributed by atoms with van der Waals surface area (Å²) in [6.07, 6.45) is 1.25. The van der Waals surface area contributed by atoms with E-state index in [-0.39, 0.29) is 11.8 Å². The van der Waals surface area contributed by atoms with Crippen molar-refractivity contribution < 1.29 is 22.0 Å². The zero-order valence-electron chi connectivity index (χ0n) is 10.4. The molecule has 0 amide bonds. The monoisotopic (exact) mass is 305 g/mol. The Bertz CT molecular complexity index is 677. The average molecular weight is 305 g/mol. The first kappa shape index (κ1) is 14.9. The predicted octanol–water partition coefficient (Wildman–Crippen LogP) is 2.51. The van der Waals surface area contributed by atoms with E-state index >= 15 is 0 Å². The largest absolute Gasteiger partial charge is 0.335 e. The number of anilines is 3. The summed E-state index contributed by atoms with van der Waals surface area (Å²) in [4.78, 5) is 7.43. The summed E-state index contributed by atoms with van der Waals surface area (Å²) in [6, 6.07) is 0. The maximum Gasteiger partial charge on any atom is 0.239 e. The van der Waals surface area contributed by atoms with Crippen molar-refractivity contribution in [3.63, 3.8) is 0 Å². The molecule has 0 fully saturated rings. The molecule has 112 valence electrons. The van der Waals surface area contributed by atoms with E-state index in [1.165, 1.54) is 13.1 Å². The van der Waals surface area contributed by atoms with Crippen molar-refractivity contribution in [3.05, 3.63) is 40.8 Å². The zero-order chi connectivity index (χ0) is 15.7. The molecule has 0 aliphatic rings.